The SMILES string of the molecule is CC[Si](Cl)(N(C)C)C(C)(C)C. The van der Waals surface area contributed by atoms with Crippen molar-refractivity contribution in [2.45, 2.75) is 38.8 Å². The van der Waals surface area contributed by atoms with Gasteiger partial charge < -0.3 is 4.57 Å². The van der Waals surface area contributed by atoms with E-state index in [-0.39, 0.29) is 5.04 Å². The average molecular weight is 194 g/mol. The van der Waals surface area contributed by atoms with E-state index in [9.17, 15) is 0 Å². The fraction of sp³-hybridized carbons (Fsp3) is 1.00. The molecule has 0 aromatic heterocycles. The van der Waals surface area contributed by atoms with Gasteiger partial charge in [0.1, 0.15) is 0 Å². The van der Waals surface area contributed by atoms with Crippen LogP contribution >= 0.6 is 11.1 Å². The van der Waals surface area contributed by atoms with E-state index in [0.29, 0.717) is 0 Å². The molecule has 68 valence electrons. The number of halogens is 1. The van der Waals surface area contributed by atoms with E-state index in [0.717, 1.165) is 6.04 Å². The first-order valence-electron chi connectivity index (χ1n) is 4.12. The van der Waals surface area contributed by atoms with Crippen molar-refractivity contribution in [1.82, 2.24) is 4.57 Å². The molecule has 11 heavy (non-hydrogen) atoms. The molecule has 0 saturated heterocycles. The maximum Gasteiger partial charge on any atom is 0.233 e. The van der Waals surface area contributed by atoms with Gasteiger partial charge in [-0.1, -0.05) is 27.7 Å². The molecular formula is C8H20ClNSi. The summed E-state index contributed by atoms with van der Waals surface area (Å²) in [5.74, 6) is 0. The lowest BCUT2D eigenvalue weighted by Crippen LogP contribution is -2.51. The van der Waals surface area contributed by atoms with Crippen LogP contribution in [-0.4, -0.2) is 26.2 Å². The van der Waals surface area contributed by atoms with Gasteiger partial charge >= 0.3 is 0 Å². The van der Waals surface area contributed by atoms with E-state index < -0.39 is 7.55 Å². The van der Waals surface area contributed by atoms with Crippen molar-refractivity contribution >= 4 is 18.6 Å². The topological polar surface area (TPSA) is 3.24 Å². The Balaban J connectivity index is 4.61. The number of nitrogens with zero attached hydrogens (tertiary/aromatic N) is 1. The molecule has 1 atom stereocenters. The molecule has 0 rings (SSSR count). The molecule has 0 bridgehead atoms. The molecule has 1 nitrogen and oxygen atoms in total. The summed E-state index contributed by atoms with van der Waals surface area (Å²) in [5, 5.41) is 0.257. The second-order valence-corrected chi connectivity index (χ2v) is 10.8. The van der Waals surface area contributed by atoms with E-state index in [1.807, 2.05) is 0 Å². The third-order valence-corrected chi connectivity index (χ3v) is 10.5. The summed E-state index contributed by atoms with van der Waals surface area (Å²) in [6.45, 7) is 8.88. The summed E-state index contributed by atoms with van der Waals surface area (Å²) in [6.07, 6.45) is 0. The molecule has 0 saturated carbocycles. The number of rotatable bonds is 2. The summed E-state index contributed by atoms with van der Waals surface area (Å²) >= 11 is 6.60. The molecule has 0 heterocycles. The lowest BCUT2D eigenvalue weighted by Gasteiger charge is -2.41. The van der Waals surface area contributed by atoms with E-state index in [1.54, 1.807) is 0 Å². The smallest absolute Gasteiger partial charge is 0.233 e. The van der Waals surface area contributed by atoms with Crippen LogP contribution in [0.4, 0.5) is 0 Å². The maximum atomic E-state index is 6.60. The van der Waals surface area contributed by atoms with Gasteiger partial charge in [0.25, 0.3) is 0 Å². The summed E-state index contributed by atoms with van der Waals surface area (Å²) in [7, 11) is 2.49. The van der Waals surface area contributed by atoms with Crippen molar-refractivity contribution < 1.29 is 0 Å². The Kier molecular flexibility index (Phi) is 3.61. The highest BCUT2D eigenvalue weighted by Crippen LogP contribution is 2.42. The van der Waals surface area contributed by atoms with Gasteiger partial charge in [-0.15, -0.1) is 11.1 Å². The molecule has 0 aliphatic carbocycles. The Bertz CT molecular complexity index is 131. The van der Waals surface area contributed by atoms with Crippen molar-refractivity contribution in [2.75, 3.05) is 14.1 Å². The Morgan fingerprint density at radius 3 is 1.64 bits per heavy atom. The van der Waals surface area contributed by atoms with Crippen LogP contribution < -0.4 is 0 Å². The molecule has 0 N–H and O–H groups in total. The summed E-state index contributed by atoms with van der Waals surface area (Å²) in [6, 6.07) is 1.10. The lowest BCUT2D eigenvalue weighted by molar-refractivity contribution is 0.559. The highest BCUT2D eigenvalue weighted by atomic mass is 35.6. The van der Waals surface area contributed by atoms with Gasteiger partial charge in [0.2, 0.25) is 7.55 Å². The zero-order chi connectivity index (χ0) is 9.28. The molecule has 0 aliphatic heterocycles. The standard InChI is InChI=1S/C8H20ClNSi/c1-7-11(9,10(5)6)8(2,3)4/h7H2,1-6H3. The minimum atomic E-state index is -1.70. The minimum absolute atomic E-state index is 0.257. The van der Waals surface area contributed by atoms with Crippen molar-refractivity contribution in [3.8, 4) is 0 Å². The van der Waals surface area contributed by atoms with Crippen LogP contribution in [0.5, 0.6) is 0 Å². The van der Waals surface area contributed by atoms with Crippen LogP contribution in [0, 0.1) is 0 Å². The van der Waals surface area contributed by atoms with Crippen LogP contribution in [0.1, 0.15) is 27.7 Å². The number of hydrogen-bond acceptors (Lipinski definition) is 1. The van der Waals surface area contributed by atoms with E-state index >= 15 is 0 Å². The summed E-state index contributed by atoms with van der Waals surface area (Å²) in [4.78, 5) is 0. The van der Waals surface area contributed by atoms with Gasteiger partial charge in [0, 0.05) is 0 Å². The number of hydrogen-bond donors (Lipinski definition) is 0. The van der Waals surface area contributed by atoms with Crippen molar-refractivity contribution in [3.63, 3.8) is 0 Å². The first-order chi connectivity index (χ1) is 4.75. The van der Waals surface area contributed by atoms with Gasteiger partial charge in [0.05, 0.1) is 0 Å². The Hall–Kier alpha value is 0.467. The van der Waals surface area contributed by atoms with Crippen molar-refractivity contribution in [2.24, 2.45) is 0 Å². The third-order valence-electron chi connectivity index (χ3n) is 2.33. The van der Waals surface area contributed by atoms with Gasteiger partial charge in [-0.2, -0.15) is 0 Å². The van der Waals surface area contributed by atoms with E-state index in [1.165, 1.54) is 0 Å². The van der Waals surface area contributed by atoms with Crippen LogP contribution in [-0.2, 0) is 0 Å². The zero-order valence-corrected chi connectivity index (χ0v) is 10.3. The third kappa shape index (κ3) is 2.20. The van der Waals surface area contributed by atoms with Gasteiger partial charge in [-0.25, -0.2) is 0 Å². The van der Waals surface area contributed by atoms with E-state index in [2.05, 4.69) is 46.4 Å². The summed E-state index contributed by atoms with van der Waals surface area (Å²) in [5.41, 5.74) is 0. The predicted octanol–water partition coefficient (Wildman–Crippen LogP) is 3.05. The van der Waals surface area contributed by atoms with Crippen molar-refractivity contribution in [3.05, 3.63) is 0 Å². The quantitative estimate of drug-likeness (QED) is 0.482. The first-order valence-corrected chi connectivity index (χ1v) is 7.28. The molecule has 0 aromatic rings. The lowest BCUT2D eigenvalue weighted by atomic mass is 10.2. The fourth-order valence-corrected chi connectivity index (χ4v) is 4.55. The molecule has 0 spiro atoms. The molecule has 0 fully saturated rings. The maximum absolute atomic E-state index is 6.60. The monoisotopic (exact) mass is 193 g/mol. The Labute approximate surface area is 76.5 Å². The van der Waals surface area contributed by atoms with E-state index in [4.69, 9.17) is 11.1 Å². The summed E-state index contributed by atoms with van der Waals surface area (Å²) < 4.78 is 2.23. The molecule has 1 unspecified atom stereocenters. The van der Waals surface area contributed by atoms with Crippen LogP contribution in [0.25, 0.3) is 0 Å². The molecule has 0 amide bonds. The predicted molar refractivity (Wildman–Crippen MR) is 55.5 cm³/mol. The second-order valence-electron chi connectivity index (χ2n) is 4.26. The largest absolute Gasteiger partial charge is 0.317 e. The fourth-order valence-electron chi connectivity index (χ4n) is 1.52. The molecular weight excluding hydrogens is 174 g/mol. The first kappa shape index (κ1) is 11.5. The second kappa shape index (κ2) is 3.46. The molecule has 0 radical (unpaired) electrons. The highest BCUT2D eigenvalue weighted by Gasteiger charge is 2.44. The van der Waals surface area contributed by atoms with Crippen LogP contribution in [0.15, 0.2) is 0 Å². The Morgan fingerprint density at radius 2 is 1.64 bits per heavy atom. The highest BCUT2D eigenvalue weighted by molar-refractivity contribution is 7.20. The van der Waals surface area contributed by atoms with Gasteiger partial charge in [-0.3, -0.25) is 0 Å². The van der Waals surface area contributed by atoms with Crippen LogP contribution in [0.3, 0.4) is 0 Å². The van der Waals surface area contributed by atoms with Gasteiger partial charge in [-0.05, 0) is 25.2 Å². The average Bonchev–Trinajstić information content (AvgIpc) is 1.83. The molecule has 0 aliphatic rings. The normalized spacial score (nSPS) is 18.5. The van der Waals surface area contributed by atoms with Crippen LogP contribution in [0.2, 0.25) is 11.1 Å². The molecule has 3 heteroatoms. The van der Waals surface area contributed by atoms with Gasteiger partial charge in [0.15, 0.2) is 0 Å². The van der Waals surface area contributed by atoms with Crippen molar-refractivity contribution in [1.29, 1.82) is 0 Å². The minimum Gasteiger partial charge on any atom is -0.317 e. The molecule has 0 aromatic carbocycles. The zero-order valence-electron chi connectivity index (χ0n) is 8.53. The Morgan fingerprint density at radius 1 is 1.27 bits per heavy atom.